The van der Waals surface area contributed by atoms with E-state index >= 15 is 0 Å². The molecule has 2 aliphatic carbocycles. The molecule has 0 radical (unpaired) electrons. The van der Waals surface area contributed by atoms with Gasteiger partial charge in [0, 0.05) is 55.9 Å². The highest BCUT2D eigenvalue weighted by Gasteiger charge is 2.33. The summed E-state index contributed by atoms with van der Waals surface area (Å²) in [6.07, 6.45) is 0. The standard InChI is InChI=1S/C63H40N2O/c66-63(41-31-27-39(28-32-41)61-49-23-9-7-19-45(49)51-35-53-47-21-11-13-25-57(47)64(59(53)37-55(51)61)43-15-3-1-4-16-43)42-33-29-40(30-34-42)62-50-24-10-8-20-46(50)52-36-54-48-22-12-14-26-58(48)65(60(54)38-56(52)62)44-17-5-2-6-18-44/h1-38,61-62H. The van der Waals surface area contributed by atoms with Crippen LogP contribution in [0, 0.1) is 0 Å². The van der Waals surface area contributed by atoms with E-state index in [9.17, 15) is 4.79 Å². The maximum absolute atomic E-state index is 14.3. The largest absolute Gasteiger partial charge is 0.309 e. The van der Waals surface area contributed by atoms with Gasteiger partial charge in [-0.2, -0.15) is 0 Å². The predicted octanol–water partition coefficient (Wildman–Crippen LogP) is 15.4. The van der Waals surface area contributed by atoms with Gasteiger partial charge in [-0.05, 0) is 116 Å². The molecule has 0 aliphatic heterocycles. The monoisotopic (exact) mass is 840 g/mol. The second kappa shape index (κ2) is 14.2. The first kappa shape index (κ1) is 36.9. The zero-order chi connectivity index (χ0) is 43.5. The average molecular weight is 841 g/mol. The number of nitrogens with zero attached hydrogens (tertiary/aromatic N) is 2. The number of fused-ring (bicyclic) bond motifs is 12. The third-order valence-corrected chi connectivity index (χ3v) is 14.5. The fourth-order valence-corrected chi connectivity index (χ4v) is 11.6. The molecule has 2 heterocycles. The molecule has 2 aliphatic rings. The van der Waals surface area contributed by atoms with E-state index in [1.165, 1.54) is 99.2 Å². The van der Waals surface area contributed by atoms with Crippen LogP contribution < -0.4 is 0 Å². The lowest BCUT2D eigenvalue weighted by molar-refractivity contribution is 0.103. The van der Waals surface area contributed by atoms with E-state index in [1.807, 2.05) is 24.3 Å². The highest BCUT2D eigenvalue weighted by atomic mass is 16.1. The van der Waals surface area contributed by atoms with Crippen LogP contribution in [0.1, 0.15) is 61.1 Å². The van der Waals surface area contributed by atoms with E-state index < -0.39 is 0 Å². The zero-order valence-electron chi connectivity index (χ0n) is 35.9. The number of ketones is 1. The minimum absolute atomic E-state index is 0.0238. The molecule has 0 N–H and O–H groups in total. The minimum Gasteiger partial charge on any atom is -0.309 e. The Balaban J connectivity index is 0.819. The van der Waals surface area contributed by atoms with Crippen molar-refractivity contribution in [2.45, 2.75) is 11.8 Å². The van der Waals surface area contributed by atoms with Gasteiger partial charge in [-0.3, -0.25) is 4.79 Å². The molecule has 2 atom stereocenters. The Labute approximate surface area is 382 Å². The molecular weight excluding hydrogens is 801 g/mol. The summed E-state index contributed by atoms with van der Waals surface area (Å²) in [5.41, 5.74) is 21.1. The quantitative estimate of drug-likeness (QED) is 0.153. The summed E-state index contributed by atoms with van der Waals surface area (Å²) in [5, 5.41) is 5.00. The predicted molar refractivity (Wildman–Crippen MR) is 271 cm³/mol. The molecule has 0 fully saturated rings. The molecule has 3 heteroatoms. The second-order valence-corrected chi connectivity index (χ2v) is 17.9. The molecule has 0 spiro atoms. The molecule has 3 nitrogen and oxygen atoms in total. The van der Waals surface area contributed by atoms with Gasteiger partial charge in [-0.15, -0.1) is 0 Å². The van der Waals surface area contributed by atoms with Crippen molar-refractivity contribution in [3.05, 3.63) is 275 Å². The van der Waals surface area contributed by atoms with Crippen molar-refractivity contribution in [1.82, 2.24) is 9.13 Å². The first-order chi connectivity index (χ1) is 32.7. The summed E-state index contributed by atoms with van der Waals surface area (Å²) < 4.78 is 4.79. The normalized spacial score (nSPS) is 14.7. The van der Waals surface area contributed by atoms with Crippen LogP contribution in [0.4, 0.5) is 0 Å². The Morgan fingerprint density at radius 1 is 0.303 bits per heavy atom. The van der Waals surface area contributed by atoms with Crippen LogP contribution in [0.15, 0.2) is 231 Å². The summed E-state index contributed by atoms with van der Waals surface area (Å²) >= 11 is 0. The van der Waals surface area contributed by atoms with Gasteiger partial charge in [0.2, 0.25) is 0 Å². The van der Waals surface area contributed by atoms with Crippen LogP contribution >= 0.6 is 0 Å². The molecule has 12 aromatic rings. The highest BCUT2D eigenvalue weighted by molar-refractivity contribution is 6.13. The number of carbonyl (C=O) groups excluding carboxylic acids is 1. The summed E-state index contributed by atoms with van der Waals surface area (Å²) in [4.78, 5) is 14.3. The average Bonchev–Trinajstić information content (AvgIpc) is 4.10. The van der Waals surface area contributed by atoms with Crippen molar-refractivity contribution in [3.8, 4) is 33.6 Å². The van der Waals surface area contributed by atoms with Gasteiger partial charge in [-0.1, -0.05) is 170 Å². The Kier molecular flexibility index (Phi) is 7.96. The van der Waals surface area contributed by atoms with Gasteiger partial charge < -0.3 is 9.13 Å². The first-order valence-corrected chi connectivity index (χ1v) is 22.9. The zero-order valence-corrected chi connectivity index (χ0v) is 35.9. The van der Waals surface area contributed by atoms with Gasteiger partial charge in [0.1, 0.15) is 0 Å². The van der Waals surface area contributed by atoms with Crippen molar-refractivity contribution in [2.24, 2.45) is 0 Å². The van der Waals surface area contributed by atoms with Gasteiger partial charge in [0.15, 0.2) is 5.78 Å². The van der Waals surface area contributed by atoms with Gasteiger partial charge >= 0.3 is 0 Å². The fourth-order valence-electron chi connectivity index (χ4n) is 11.6. The summed E-state index contributed by atoms with van der Waals surface area (Å²) in [6.45, 7) is 0. The van der Waals surface area contributed by atoms with Gasteiger partial charge in [-0.25, -0.2) is 0 Å². The summed E-state index contributed by atoms with van der Waals surface area (Å²) in [5.74, 6) is 0.105. The summed E-state index contributed by atoms with van der Waals surface area (Å²) in [6, 6.07) is 82.7. The van der Waals surface area contributed by atoms with Crippen molar-refractivity contribution in [2.75, 3.05) is 0 Å². The Morgan fingerprint density at radius 2 is 0.682 bits per heavy atom. The van der Waals surface area contributed by atoms with Gasteiger partial charge in [0.05, 0.1) is 22.1 Å². The first-order valence-electron chi connectivity index (χ1n) is 22.9. The number of benzene rings is 10. The topological polar surface area (TPSA) is 26.9 Å². The Bertz CT molecular complexity index is 3670. The number of aromatic nitrogens is 2. The molecule has 0 amide bonds. The molecule has 0 saturated carbocycles. The Hall–Kier alpha value is -8.53. The molecule has 66 heavy (non-hydrogen) atoms. The number of rotatable bonds is 6. The van der Waals surface area contributed by atoms with E-state index in [2.05, 4.69) is 215 Å². The second-order valence-electron chi connectivity index (χ2n) is 17.9. The Morgan fingerprint density at radius 3 is 1.12 bits per heavy atom. The lowest BCUT2D eigenvalue weighted by Crippen LogP contribution is -2.05. The number of hydrogen-bond donors (Lipinski definition) is 0. The molecule has 308 valence electrons. The van der Waals surface area contributed by atoms with Gasteiger partial charge in [0.25, 0.3) is 0 Å². The third-order valence-electron chi connectivity index (χ3n) is 14.5. The molecule has 0 bridgehead atoms. The minimum atomic E-state index is 0.0238. The van der Waals surface area contributed by atoms with Crippen LogP contribution in [0.5, 0.6) is 0 Å². The van der Waals surface area contributed by atoms with Crippen molar-refractivity contribution < 1.29 is 4.79 Å². The smallest absolute Gasteiger partial charge is 0.193 e. The van der Waals surface area contributed by atoms with E-state index in [1.54, 1.807) is 0 Å². The van der Waals surface area contributed by atoms with Crippen LogP contribution in [0.25, 0.3) is 77.2 Å². The van der Waals surface area contributed by atoms with Crippen molar-refractivity contribution in [1.29, 1.82) is 0 Å². The van der Waals surface area contributed by atoms with Crippen molar-refractivity contribution in [3.63, 3.8) is 0 Å². The fraction of sp³-hybridized carbons (Fsp3) is 0.0317. The third kappa shape index (κ3) is 5.35. The maximum atomic E-state index is 14.3. The summed E-state index contributed by atoms with van der Waals surface area (Å²) in [7, 11) is 0. The van der Waals surface area contributed by atoms with Crippen LogP contribution in [0.2, 0.25) is 0 Å². The lowest BCUT2D eigenvalue weighted by atomic mass is 9.87. The molecule has 10 aromatic carbocycles. The van der Waals surface area contributed by atoms with E-state index in [0.29, 0.717) is 11.1 Å². The highest BCUT2D eigenvalue weighted by Crippen LogP contribution is 2.52. The molecule has 14 rings (SSSR count). The van der Waals surface area contributed by atoms with Crippen LogP contribution in [0.3, 0.4) is 0 Å². The number of para-hydroxylation sites is 4. The molecule has 2 aromatic heterocycles. The maximum Gasteiger partial charge on any atom is 0.193 e. The van der Waals surface area contributed by atoms with Crippen LogP contribution in [-0.4, -0.2) is 14.9 Å². The molecular formula is C63H40N2O. The number of carbonyl (C=O) groups is 1. The van der Waals surface area contributed by atoms with E-state index in [-0.39, 0.29) is 17.6 Å². The number of hydrogen-bond acceptors (Lipinski definition) is 1. The van der Waals surface area contributed by atoms with E-state index in [0.717, 1.165) is 11.4 Å². The van der Waals surface area contributed by atoms with Crippen molar-refractivity contribution >= 4 is 49.4 Å². The van der Waals surface area contributed by atoms with E-state index in [4.69, 9.17) is 0 Å². The SMILES string of the molecule is O=C(c1ccc(C2c3ccccc3-c3cc4c5ccccc5n(-c5ccccc5)c4cc32)cc1)c1ccc(C2c3ccccc3-c3cc4c5ccccc5n(-c5ccccc5)c4cc32)cc1. The molecule has 0 saturated heterocycles. The lowest BCUT2D eigenvalue weighted by Gasteiger charge is -2.17. The van der Waals surface area contributed by atoms with Crippen LogP contribution in [-0.2, 0) is 0 Å². The molecule has 2 unspecified atom stereocenters.